The van der Waals surface area contributed by atoms with Gasteiger partial charge in [-0.25, -0.2) is 0 Å². The van der Waals surface area contributed by atoms with Crippen LogP contribution in [0, 0.1) is 0 Å². The zero-order valence-electron chi connectivity index (χ0n) is 13.8. The summed E-state index contributed by atoms with van der Waals surface area (Å²) in [5.74, 6) is 0. The number of hydrogen-bond acceptors (Lipinski definition) is 0. The van der Waals surface area contributed by atoms with E-state index in [1.165, 1.54) is 30.3 Å². The van der Waals surface area contributed by atoms with Gasteiger partial charge in [0, 0.05) is 21.2 Å². The van der Waals surface area contributed by atoms with Crippen molar-refractivity contribution in [2.45, 2.75) is 19.6 Å². The highest BCUT2D eigenvalue weighted by Crippen LogP contribution is 2.47. The van der Waals surface area contributed by atoms with Gasteiger partial charge in [-0.05, 0) is 36.4 Å². The lowest BCUT2D eigenvalue weighted by Gasteiger charge is -2.15. The van der Waals surface area contributed by atoms with Crippen LogP contribution in [-0.4, -0.2) is 8.07 Å². The van der Waals surface area contributed by atoms with Crippen molar-refractivity contribution in [1.82, 2.24) is 0 Å². The topological polar surface area (TPSA) is 0 Å². The fraction of sp³-hybridized carbons (Fsp3) is 0.143. The normalized spacial score (nSPS) is 12.1. The molecular formula is C21H21SSi+. The first-order valence-corrected chi connectivity index (χ1v) is 12.8. The molecule has 0 amide bonds. The Morgan fingerprint density at radius 3 is 1.57 bits per heavy atom. The van der Waals surface area contributed by atoms with Gasteiger partial charge in [-0.2, -0.15) is 0 Å². The molecule has 0 fully saturated rings. The number of benzene rings is 3. The fourth-order valence-electron chi connectivity index (χ4n) is 3.20. The predicted molar refractivity (Wildman–Crippen MR) is 108 cm³/mol. The maximum atomic E-state index is 2.41. The summed E-state index contributed by atoms with van der Waals surface area (Å²) in [7, 11) is -1.20. The molecule has 4 rings (SSSR count). The lowest BCUT2D eigenvalue weighted by Crippen LogP contribution is -2.37. The highest BCUT2D eigenvalue weighted by Gasteiger charge is 2.24. The third kappa shape index (κ3) is 2.43. The molecule has 0 N–H and O–H groups in total. The van der Waals surface area contributed by atoms with Gasteiger partial charge in [-0.1, -0.05) is 61.2 Å². The van der Waals surface area contributed by atoms with E-state index in [-0.39, 0.29) is 10.5 Å². The Hall–Kier alpha value is -1.90. The molecule has 0 saturated heterocycles. The van der Waals surface area contributed by atoms with E-state index in [0.717, 1.165) is 0 Å². The maximum Gasteiger partial charge on any atom is 0.187 e. The zero-order chi connectivity index (χ0) is 16.0. The number of rotatable bonds is 2. The van der Waals surface area contributed by atoms with Gasteiger partial charge >= 0.3 is 0 Å². The van der Waals surface area contributed by atoms with Crippen LogP contribution in [0.15, 0.2) is 72.8 Å². The minimum Gasteiger partial charge on any atom is -0.0656 e. The summed E-state index contributed by atoms with van der Waals surface area (Å²) in [6.07, 6.45) is 0. The van der Waals surface area contributed by atoms with Gasteiger partial charge in [0.1, 0.15) is 0 Å². The van der Waals surface area contributed by atoms with E-state index in [1.54, 1.807) is 0 Å². The summed E-state index contributed by atoms with van der Waals surface area (Å²) < 4.78 is 2.93. The van der Waals surface area contributed by atoms with E-state index in [1.807, 2.05) is 0 Å². The first kappa shape index (κ1) is 14.7. The molecule has 0 aliphatic carbocycles. The third-order valence-corrected chi connectivity index (χ3v) is 8.86. The minimum absolute atomic E-state index is 0.0398. The number of fused-ring (bicyclic) bond motifs is 3. The lowest BCUT2D eigenvalue weighted by atomic mass is 10.2. The summed E-state index contributed by atoms with van der Waals surface area (Å²) in [5, 5.41) is 4.34. The molecular weight excluding hydrogens is 312 g/mol. The van der Waals surface area contributed by atoms with E-state index in [9.17, 15) is 0 Å². The molecule has 0 aliphatic rings. The van der Waals surface area contributed by atoms with Crippen molar-refractivity contribution in [3.63, 3.8) is 0 Å². The first-order chi connectivity index (χ1) is 11.1. The maximum absolute atomic E-state index is 2.41. The second-order valence-corrected chi connectivity index (χ2v) is 14.1. The third-order valence-electron chi connectivity index (χ3n) is 4.46. The van der Waals surface area contributed by atoms with Crippen molar-refractivity contribution >= 4 is 43.9 Å². The van der Waals surface area contributed by atoms with Gasteiger partial charge in [0.25, 0.3) is 0 Å². The van der Waals surface area contributed by atoms with Crippen LogP contribution >= 0.6 is 10.5 Å². The van der Waals surface area contributed by atoms with Crippen LogP contribution in [0.1, 0.15) is 0 Å². The van der Waals surface area contributed by atoms with Crippen molar-refractivity contribution in [3.8, 4) is 4.90 Å². The van der Waals surface area contributed by atoms with Crippen LogP contribution in [0.25, 0.3) is 25.1 Å². The van der Waals surface area contributed by atoms with Crippen molar-refractivity contribution in [2.24, 2.45) is 0 Å². The summed E-state index contributed by atoms with van der Waals surface area (Å²) in [4.78, 5) is 1.43. The second-order valence-electron chi connectivity index (χ2n) is 7.07. The number of thiophene rings is 1. The molecule has 23 heavy (non-hydrogen) atoms. The van der Waals surface area contributed by atoms with Gasteiger partial charge in [-0.15, -0.1) is 0 Å². The van der Waals surface area contributed by atoms with E-state index in [2.05, 4.69) is 92.4 Å². The van der Waals surface area contributed by atoms with Crippen LogP contribution in [-0.2, 0) is 0 Å². The Kier molecular flexibility index (Phi) is 3.40. The molecule has 0 bridgehead atoms. The van der Waals surface area contributed by atoms with Gasteiger partial charge in [0.2, 0.25) is 0 Å². The van der Waals surface area contributed by atoms with E-state index in [4.69, 9.17) is 0 Å². The Balaban J connectivity index is 2.01. The summed E-state index contributed by atoms with van der Waals surface area (Å²) in [6, 6.07) is 27.2. The van der Waals surface area contributed by atoms with Crippen molar-refractivity contribution in [2.75, 3.05) is 0 Å². The Labute approximate surface area is 141 Å². The monoisotopic (exact) mass is 333 g/mol. The van der Waals surface area contributed by atoms with Gasteiger partial charge < -0.3 is 0 Å². The second kappa shape index (κ2) is 5.33. The van der Waals surface area contributed by atoms with Crippen LogP contribution in [0.5, 0.6) is 0 Å². The molecule has 1 aromatic heterocycles. The SMILES string of the molecule is C[Si](C)(C)c1ccc(-[s+]2c3ccccc3c3ccccc32)cc1. The molecule has 2 heteroatoms. The van der Waals surface area contributed by atoms with Crippen molar-refractivity contribution in [1.29, 1.82) is 0 Å². The first-order valence-electron chi connectivity index (χ1n) is 8.09. The van der Waals surface area contributed by atoms with E-state index in [0.29, 0.717) is 0 Å². The fourth-order valence-corrected chi connectivity index (χ4v) is 6.74. The summed E-state index contributed by atoms with van der Waals surface area (Å²) in [6.45, 7) is 7.22. The number of hydrogen-bond donors (Lipinski definition) is 0. The van der Waals surface area contributed by atoms with E-state index < -0.39 is 8.07 Å². The van der Waals surface area contributed by atoms with E-state index >= 15 is 0 Å². The van der Waals surface area contributed by atoms with Crippen LogP contribution in [0.2, 0.25) is 19.6 Å². The standard InChI is InChI=1S/C21H21SSi/c1-23(2,3)17-14-12-16(13-15-17)22-20-10-6-4-8-18(20)19-9-5-7-11-21(19)22/h4-15H,1-3H3/q+1. The van der Waals surface area contributed by atoms with Crippen LogP contribution in [0.3, 0.4) is 0 Å². The van der Waals surface area contributed by atoms with Crippen LogP contribution in [0.4, 0.5) is 0 Å². The van der Waals surface area contributed by atoms with Crippen molar-refractivity contribution < 1.29 is 0 Å². The molecule has 114 valence electrons. The largest absolute Gasteiger partial charge is 0.187 e. The molecule has 0 unspecified atom stereocenters. The molecule has 0 spiro atoms. The predicted octanol–water partition coefficient (Wildman–Crippen LogP) is 6.28. The molecule has 1 heterocycles. The summed E-state index contributed by atoms with van der Waals surface area (Å²) >= 11 is 0. The highest BCUT2D eigenvalue weighted by atomic mass is 32.2. The smallest absolute Gasteiger partial charge is 0.0656 e. The Morgan fingerprint density at radius 2 is 1.09 bits per heavy atom. The zero-order valence-corrected chi connectivity index (χ0v) is 15.7. The molecule has 3 aromatic carbocycles. The minimum atomic E-state index is -1.24. The summed E-state index contributed by atoms with van der Waals surface area (Å²) in [5.41, 5.74) is 0. The molecule has 0 aliphatic heterocycles. The molecule has 0 nitrogen and oxygen atoms in total. The Morgan fingerprint density at radius 1 is 0.609 bits per heavy atom. The molecule has 0 atom stereocenters. The Bertz CT molecular complexity index is 935. The molecule has 0 radical (unpaired) electrons. The lowest BCUT2D eigenvalue weighted by molar-refractivity contribution is 1.70. The van der Waals surface area contributed by atoms with Gasteiger partial charge in [-0.3, -0.25) is 0 Å². The molecule has 4 aromatic rings. The molecule has 0 saturated carbocycles. The van der Waals surface area contributed by atoms with Crippen LogP contribution < -0.4 is 5.19 Å². The average molecular weight is 334 g/mol. The van der Waals surface area contributed by atoms with Gasteiger partial charge in [0.05, 0.1) is 8.07 Å². The highest BCUT2D eigenvalue weighted by molar-refractivity contribution is 7.50. The van der Waals surface area contributed by atoms with Crippen molar-refractivity contribution in [3.05, 3.63) is 72.8 Å². The van der Waals surface area contributed by atoms with Gasteiger partial charge in [0.15, 0.2) is 14.3 Å². The quantitative estimate of drug-likeness (QED) is 0.299. The average Bonchev–Trinajstić information content (AvgIpc) is 2.89.